The molecule has 1 aliphatic rings. The highest BCUT2D eigenvalue weighted by Gasteiger charge is 2.29. The molecule has 1 aliphatic heterocycles. The molecule has 0 bridgehead atoms. The van der Waals surface area contributed by atoms with Gasteiger partial charge in [-0.25, -0.2) is 0 Å². The summed E-state index contributed by atoms with van der Waals surface area (Å²) >= 11 is 5.85. The fraction of sp³-hybridized carbons (Fsp3) is 0.500. The van der Waals surface area contributed by atoms with Crippen molar-refractivity contribution in [1.29, 1.82) is 0 Å². The number of hydrogen-bond donors (Lipinski definition) is 2. The van der Waals surface area contributed by atoms with Crippen molar-refractivity contribution in [3.63, 3.8) is 0 Å². The maximum absolute atomic E-state index is 10.2. The minimum Gasteiger partial charge on any atom is -0.490 e. The van der Waals surface area contributed by atoms with Crippen LogP contribution in [0.15, 0.2) is 24.3 Å². The number of halogens is 1. The smallest absolute Gasteiger partial charge is 0.120 e. The molecule has 1 atom stereocenters. The fourth-order valence-corrected chi connectivity index (χ4v) is 2.03. The maximum atomic E-state index is 10.2. The highest BCUT2D eigenvalue weighted by molar-refractivity contribution is 6.30. The molecule has 3 nitrogen and oxygen atoms in total. The van der Waals surface area contributed by atoms with Gasteiger partial charge >= 0.3 is 0 Å². The third-order valence-electron chi connectivity index (χ3n) is 2.75. The SMILES string of the molecule is OC1(COc2cccc(Cl)c2)CCCNC1. The van der Waals surface area contributed by atoms with Crippen LogP contribution in [0.25, 0.3) is 0 Å². The van der Waals surface area contributed by atoms with Crippen LogP contribution in [0, 0.1) is 0 Å². The molecule has 2 N–H and O–H groups in total. The van der Waals surface area contributed by atoms with Crippen LogP contribution in [0.4, 0.5) is 0 Å². The average Bonchev–Trinajstić information content (AvgIpc) is 2.28. The van der Waals surface area contributed by atoms with Crippen LogP contribution in [0.1, 0.15) is 12.8 Å². The van der Waals surface area contributed by atoms with Gasteiger partial charge in [-0.05, 0) is 37.6 Å². The second kappa shape index (κ2) is 5.04. The summed E-state index contributed by atoms with van der Waals surface area (Å²) in [6.45, 7) is 1.87. The Hall–Kier alpha value is -0.770. The van der Waals surface area contributed by atoms with E-state index in [1.807, 2.05) is 12.1 Å². The van der Waals surface area contributed by atoms with E-state index in [2.05, 4.69) is 5.32 Å². The van der Waals surface area contributed by atoms with Crippen molar-refractivity contribution in [3.8, 4) is 5.75 Å². The van der Waals surface area contributed by atoms with Gasteiger partial charge in [0.25, 0.3) is 0 Å². The van der Waals surface area contributed by atoms with Gasteiger partial charge in [-0.15, -0.1) is 0 Å². The third kappa shape index (κ3) is 3.11. The Balaban J connectivity index is 1.91. The average molecular weight is 242 g/mol. The number of ether oxygens (including phenoxy) is 1. The summed E-state index contributed by atoms with van der Waals surface area (Å²) in [7, 11) is 0. The highest BCUT2D eigenvalue weighted by Crippen LogP contribution is 2.21. The normalized spacial score (nSPS) is 25.4. The van der Waals surface area contributed by atoms with Crippen molar-refractivity contribution in [1.82, 2.24) is 5.32 Å². The quantitative estimate of drug-likeness (QED) is 0.849. The monoisotopic (exact) mass is 241 g/mol. The molecule has 1 heterocycles. The summed E-state index contributed by atoms with van der Waals surface area (Å²) in [5.74, 6) is 0.700. The van der Waals surface area contributed by atoms with Crippen molar-refractivity contribution >= 4 is 11.6 Å². The Labute approximate surface area is 100 Å². The van der Waals surface area contributed by atoms with E-state index >= 15 is 0 Å². The predicted molar refractivity (Wildman–Crippen MR) is 64.0 cm³/mol. The van der Waals surface area contributed by atoms with Crippen LogP contribution < -0.4 is 10.1 Å². The van der Waals surface area contributed by atoms with Gasteiger partial charge in [0.1, 0.15) is 18.0 Å². The largest absolute Gasteiger partial charge is 0.490 e. The molecule has 1 fully saturated rings. The Morgan fingerprint density at radius 1 is 1.50 bits per heavy atom. The lowest BCUT2D eigenvalue weighted by Crippen LogP contribution is -2.49. The van der Waals surface area contributed by atoms with E-state index in [1.165, 1.54) is 0 Å². The lowest BCUT2D eigenvalue weighted by atomic mass is 9.95. The Morgan fingerprint density at radius 2 is 2.38 bits per heavy atom. The van der Waals surface area contributed by atoms with Gasteiger partial charge in [0.05, 0.1) is 0 Å². The summed E-state index contributed by atoms with van der Waals surface area (Å²) in [6.07, 6.45) is 1.76. The topological polar surface area (TPSA) is 41.5 Å². The first-order chi connectivity index (χ1) is 7.68. The molecule has 0 amide bonds. The molecule has 1 aromatic rings. The van der Waals surface area contributed by atoms with Crippen molar-refractivity contribution in [2.45, 2.75) is 18.4 Å². The second-order valence-electron chi connectivity index (χ2n) is 4.25. The molecule has 0 spiro atoms. The first kappa shape index (κ1) is 11.7. The van der Waals surface area contributed by atoms with Gasteiger partial charge in [-0.1, -0.05) is 17.7 Å². The maximum Gasteiger partial charge on any atom is 0.120 e. The first-order valence-electron chi connectivity index (χ1n) is 5.49. The molecule has 0 aromatic heterocycles. The molecule has 4 heteroatoms. The van der Waals surface area contributed by atoms with E-state index in [9.17, 15) is 5.11 Å². The van der Waals surface area contributed by atoms with Crippen molar-refractivity contribution in [3.05, 3.63) is 29.3 Å². The summed E-state index contributed by atoms with van der Waals surface area (Å²) in [6, 6.07) is 7.22. The van der Waals surface area contributed by atoms with E-state index in [4.69, 9.17) is 16.3 Å². The van der Waals surface area contributed by atoms with Crippen LogP contribution in [0.3, 0.4) is 0 Å². The molecular formula is C12H16ClNO2. The molecule has 2 rings (SSSR count). The highest BCUT2D eigenvalue weighted by atomic mass is 35.5. The van der Waals surface area contributed by atoms with Crippen molar-refractivity contribution < 1.29 is 9.84 Å². The minimum atomic E-state index is -0.749. The molecule has 1 aromatic carbocycles. The summed E-state index contributed by atoms with van der Waals surface area (Å²) in [5, 5.41) is 14.0. The van der Waals surface area contributed by atoms with Crippen LogP contribution in [-0.4, -0.2) is 30.4 Å². The number of rotatable bonds is 3. The summed E-state index contributed by atoms with van der Waals surface area (Å²) < 4.78 is 5.55. The first-order valence-corrected chi connectivity index (χ1v) is 5.87. The van der Waals surface area contributed by atoms with E-state index in [0.29, 0.717) is 23.9 Å². The van der Waals surface area contributed by atoms with E-state index in [-0.39, 0.29) is 0 Å². The molecule has 0 radical (unpaired) electrons. The Kier molecular flexibility index (Phi) is 3.69. The molecule has 0 saturated carbocycles. The standard InChI is InChI=1S/C12H16ClNO2/c13-10-3-1-4-11(7-10)16-9-12(15)5-2-6-14-8-12/h1,3-4,7,14-15H,2,5-6,8-9H2. The number of piperidine rings is 1. The van der Waals surface area contributed by atoms with Crippen LogP contribution in [-0.2, 0) is 0 Å². The molecule has 1 saturated heterocycles. The lowest BCUT2D eigenvalue weighted by Gasteiger charge is -2.32. The zero-order valence-electron chi connectivity index (χ0n) is 9.08. The molecular weight excluding hydrogens is 226 g/mol. The van der Waals surface area contributed by atoms with Crippen LogP contribution in [0.5, 0.6) is 5.75 Å². The molecule has 0 aliphatic carbocycles. The van der Waals surface area contributed by atoms with E-state index in [1.54, 1.807) is 12.1 Å². The van der Waals surface area contributed by atoms with Crippen LogP contribution >= 0.6 is 11.6 Å². The van der Waals surface area contributed by atoms with E-state index < -0.39 is 5.60 Å². The summed E-state index contributed by atoms with van der Waals surface area (Å²) in [4.78, 5) is 0. The van der Waals surface area contributed by atoms with Crippen molar-refractivity contribution in [2.24, 2.45) is 0 Å². The Bertz CT molecular complexity index is 351. The van der Waals surface area contributed by atoms with Crippen LogP contribution in [0.2, 0.25) is 5.02 Å². The number of β-amino-alcohol motifs (C(OH)–C–C–N with tert-alkyl or cyclic N) is 1. The number of aliphatic hydroxyl groups is 1. The van der Waals surface area contributed by atoms with Gasteiger partial charge in [-0.3, -0.25) is 0 Å². The van der Waals surface area contributed by atoms with E-state index in [0.717, 1.165) is 19.4 Å². The zero-order chi connectivity index (χ0) is 11.4. The van der Waals surface area contributed by atoms with Gasteiger partial charge in [0.2, 0.25) is 0 Å². The fourth-order valence-electron chi connectivity index (χ4n) is 1.85. The van der Waals surface area contributed by atoms with Gasteiger partial charge in [0, 0.05) is 11.6 Å². The second-order valence-corrected chi connectivity index (χ2v) is 4.69. The van der Waals surface area contributed by atoms with Crippen molar-refractivity contribution in [2.75, 3.05) is 19.7 Å². The number of hydrogen-bond acceptors (Lipinski definition) is 3. The summed E-state index contributed by atoms with van der Waals surface area (Å²) in [5.41, 5.74) is -0.749. The molecule has 16 heavy (non-hydrogen) atoms. The zero-order valence-corrected chi connectivity index (χ0v) is 9.83. The number of benzene rings is 1. The van der Waals surface area contributed by atoms with Gasteiger partial charge in [0.15, 0.2) is 0 Å². The Morgan fingerprint density at radius 3 is 3.06 bits per heavy atom. The molecule has 88 valence electrons. The van der Waals surface area contributed by atoms with Gasteiger partial charge in [-0.2, -0.15) is 0 Å². The third-order valence-corrected chi connectivity index (χ3v) is 2.99. The predicted octanol–water partition coefficient (Wildman–Crippen LogP) is 1.83. The minimum absolute atomic E-state index is 0.306. The molecule has 1 unspecified atom stereocenters. The number of nitrogens with one attached hydrogen (secondary N) is 1. The lowest BCUT2D eigenvalue weighted by molar-refractivity contribution is -0.0230. The van der Waals surface area contributed by atoms with Gasteiger partial charge < -0.3 is 15.2 Å².